The quantitative estimate of drug-likeness (QED) is 0.702. The van der Waals surface area contributed by atoms with Crippen molar-refractivity contribution in [3.63, 3.8) is 0 Å². The van der Waals surface area contributed by atoms with Gasteiger partial charge in [0.1, 0.15) is 0 Å². The molecule has 0 atom stereocenters. The first-order valence-corrected chi connectivity index (χ1v) is 6.13. The molecule has 0 radical (unpaired) electrons. The Morgan fingerprint density at radius 1 is 1.36 bits per heavy atom. The first-order valence-electron chi connectivity index (χ1n) is 4.23. The maximum absolute atomic E-state index is 11.2. The standard InChI is InChI=1S/C9H14N2O2S/c1-14(12,13)9-3-2-7(4-5-10)6-8(9)11/h2-3,6H,4-5,10-11H2,1H3. The lowest BCUT2D eigenvalue weighted by atomic mass is 10.1. The minimum absolute atomic E-state index is 0.179. The third kappa shape index (κ3) is 2.46. The third-order valence-corrected chi connectivity index (χ3v) is 3.08. The zero-order chi connectivity index (χ0) is 10.8. The number of nitrogen functional groups attached to an aromatic ring is 1. The Morgan fingerprint density at radius 3 is 2.43 bits per heavy atom. The van der Waals surface area contributed by atoms with E-state index in [9.17, 15) is 8.42 Å². The fraction of sp³-hybridized carbons (Fsp3) is 0.333. The Hall–Kier alpha value is -1.07. The Labute approximate surface area is 83.8 Å². The minimum atomic E-state index is -3.22. The molecule has 78 valence electrons. The van der Waals surface area contributed by atoms with Crippen LogP contribution in [0, 0.1) is 0 Å². The molecule has 4 nitrogen and oxygen atoms in total. The average Bonchev–Trinajstić information content (AvgIpc) is 2.02. The fourth-order valence-corrected chi connectivity index (χ4v) is 2.06. The van der Waals surface area contributed by atoms with Gasteiger partial charge in [0.2, 0.25) is 0 Å². The summed E-state index contributed by atoms with van der Waals surface area (Å²) >= 11 is 0. The molecule has 1 aromatic carbocycles. The van der Waals surface area contributed by atoms with Gasteiger partial charge in [0.15, 0.2) is 9.84 Å². The van der Waals surface area contributed by atoms with Crippen LogP contribution in [0.3, 0.4) is 0 Å². The van der Waals surface area contributed by atoms with Crippen molar-refractivity contribution in [3.8, 4) is 0 Å². The molecular weight excluding hydrogens is 200 g/mol. The predicted octanol–water partition coefficient (Wildman–Crippen LogP) is 0.174. The summed E-state index contributed by atoms with van der Waals surface area (Å²) in [5.74, 6) is 0. The van der Waals surface area contributed by atoms with E-state index >= 15 is 0 Å². The molecule has 1 aromatic rings. The van der Waals surface area contributed by atoms with Gasteiger partial charge < -0.3 is 11.5 Å². The van der Waals surface area contributed by atoms with Crippen molar-refractivity contribution in [2.75, 3.05) is 18.5 Å². The van der Waals surface area contributed by atoms with Crippen molar-refractivity contribution < 1.29 is 8.42 Å². The van der Waals surface area contributed by atoms with Crippen molar-refractivity contribution in [2.24, 2.45) is 5.73 Å². The van der Waals surface area contributed by atoms with Gasteiger partial charge in [-0.3, -0.25) is 0 Å². The maximum Gasteiger partial charge on any atom is 0.177 e. The van der Waals surface area contributed by atoms with E-state index < -0.39 is 9.84 Å². The Bertz CT molecular complexity index is 426. The van der Waals surface area contributed by atoms with Crippen molar-refractivity contribution in [1.82, 2.24) is 0 Å². The van der Waals surface area contributed by atoms with Crippen LogP contribution in [0.4, 0.5) is 5.69 Å². The lowest BCUT2D eigenvalue weighted by Gasteiger charge is -2.05. The number of rotatable bonds is 3. The zero-order valence-corrected chi connectivity index (χ0v) is 8.84. The van der Waals surface area contributed by atoms with Crippen LogP contribution in [0.25, 0.3) is 0 Å². The lowest BCUT2D eigenvalue weighted by molar-refractivity contribution is 0.602. The van der Waals surface area contributed by atoms with Crippen LogP contribution in [0.2, 0.25) is 0 Å². The van der Waals surface area contributed by atoms with Crippen LogP contribution in [0.1, 0.15) is 5.56 Å². The van der Waals surface area contributed by atoms with Crippen LogP contribution >= 0.6 is 0 Å². The van der Waals surface area contributed by atoms with Crippen molar-refractivity contribution in [3.05, 3.63) is 23.8 Å². The molecule has 0 heterocycles. The van der Waals surface area contributed by atoms with Gasteiger partial charge in [-0.25, -0.2) is 8.42 Å². The van der Waals surface area contributed by atoms with E-state index in [1.54, 1.807) is 12.1 Å². The molecule has 0 aliphatic carbocycles. The maximum atomic E-state index is 11.2. The van der Waals surface area contributed by atoms with Gasteiger partial charge in [-0.2, -0.15) is 0 Å². The van der Waals surface area contributed by atoms with Gasteiger partial charge >= 0.3 is 0 Å². The number of nitrogens with two attached hydrogens (primary N) is 2. The monoisotopic (exact) mass is 214 g/mol. The Balaban J connectivity index is 3.15. The van der Waals surface area contributed by atoms with E-state index in [2.05, 4.69) is 0 Å². The molecule has 4 N–H and O–H groups in total. The Kier molecular flexibility index (Phi) is 3.13. The van der Waals surface area contributed by atoms with Crippen LogP contribution in [0.15, 0.2) is 23.1 Å². The number of hydrogen-bond donors (Lipinski definition) is 2. The summed E-state index contributed by atoms with van der Waals surface area (Å²) < 4.78 is 22.4. The van der Waals surface area contributed by atoms with E-state index in [0.717, 1.165) is 11.8 Å². The minimum Gasteiger partial charge on any atom is -0.398 e. The normalized spacial score (nSPS) is 11.6. The summed E-state index contributed by atoms with van der Waals surface area (Å²) in [4.78, 5) is 0.179. The van der Waals surface area contributed by atoms with E-state index in [1.807, 2.05) is 0 Å². The highest BCUT2D eigenvalue weighted by Crippen LogP contribution is 2.19. The smallest absolute Gasteiger partial charge is 0.177 e. The molecule has 0 saturated carbocycles. The van der Waals surface area contributed by atoms with Crippen LogP contribution < -0.4 is 11.5 Å². The molecule has 0 bridgehead atoms. The topological polar surface area (TPSA) is 86.2 Å². The van der Waals surface area contributed by atoms with Gasteiger partial charge in [0.25, 0.3) is 0 Å². The molecule has 0 aromatic heterocycles. The summed E-state index contributed by atoms with van der Waals surface area (Å²) in [6, 6.07) is 4.92. The number of hydrogen-bond acceptors (Lipinski definition) is 4. The Morgan fingerprint density at radius 2 is 2.00 bits per heavy atom. The number of anilines is 1. The largest absolute Gasteiger partial charge is 0.398 e. The van der Waals surface area contributed by atoms with Crippen LogP contribution in [0.5, 0.6) is 0 Å². The summed E-state index contributed by atoms with van der Waals surface area (Å²) in [5.41, 5.74) is 12.2. The molecule has 14 heavy (non-hydrogen) atoms. The lowest BCUT2D eigenvalue weighted by Crippen LogP contribution is -2.06. The average molecular weight is 214 g/mol. The second-order valence-electron chi connectivity index (χ2n) is 3.18. The van der Waals surface area contributed by atoms with Gasteiger partial charge in [0.05, 0.1) is 10.6 Å². The molecule has 0 spiro atoms. The molecule has 0 fully saturated rings. The molecule has 5 heteroatoms. The third-order valence-electron chi connectivity index (χ3n) is 1.91. The summed E-state index contributed by atoms with van der Waals surface area (Å²) in [6.07, 6.45) is 1.84. The SMILES string of the molecule is CS(=O)(=O)c1ccc(CCN)cc1N. The predicted molar refractivity (Wildman–Crippen MR) is 56.7 cm³/mol. The van der Waals surface area contributed by atoms with E-state index in [1.165, 1.54) is 6.07 Å². The van der Waals surface area contributed by atoms with Gasteiger partial charge in [-0.15, -0.1) is 0 Å². The van der Waals surface area contributed by atoms with Gasteiger partial charge in [-0.05, 0) is 30.7 Å². The van der Waals surface area contributed by atoms with E-state index in [-0.39, 0.29) is 4.90 Å². The zero-order valence-electron chi connectivity index (χ0n) is 8.03. The molecule has 0 aliphatic heterocycles. The van der Waals surface area contributed by atoms with Gasteiger partial charge in [-0.1, -0.05) is 6.07 Å². The van der Waals surface area contributed by atoms with Crippen molar-refractivity contribution in [1.29, 1.82) is 0 Å². The second kappa shape index (κ2) is 3.98. The molecule has 0 saturated heterocycles. The van der Waals surface area contributed by atoms with E-state index in [0.29, 0.717) is 18.7 Å². The molecule has 0 unspecified atom stereocenters. The summed E-state index contributed by atoms with van der Waals surface area (Å²) in [7, 11) is -3.22. The fourth-order valence-electron chi connectivity index (χ4n) is 1.26. The molecular formula is C9H14N2O2S. The molecule has 0 aliphatic rings. The van der Waals surface area contributed by atoms with Crippen LogP contribution in [-0.2, 0) is 16.3 Å². The first kappa shape index (κ1) is 11.0. The summed E-state index contributed by atoms with van der Waals surface area (Å²) in [6.45, 7) is 0.525. The van der Waals surface area contributed by atoms with Crippen molar-refractivity contribution >= 4 is 15.5 Å². The highest BCUT2D eigenvalue weighted by molar-refractivity contribution is 7.90. The highest BCUT2D eigenvalue weighted by atomic mass is 32.2. The van der Waals surface area contributed by atoms with E-state index in [4.69, 9.17) is 11.5 Å². The van der Waals surface area contributed by atoms with Crippen LogP contribution in [-0.4, -0.2) is 21.2 Å². The van der Waals surface area contributed by atoms with Gasteiger partial charge in [0, 0.05) is 6.26 Å². The summed E-state index contributed by atoms with van der Waals surface area (Å²) in [5, 5.41) is 0. The first-order chi connectivity index (χ1) is 6.45. The van der Waals surface area contributed by atoms with Crippen molar-refractivity contribution in [2.45, 2.75) is 11.3 Å². The molecule has 1 rings (SSSR count). The molecule has 0 amide bonds. The number of sulfone groups is 1. The number of benzene rings is 1. The second-order valence-corrected chi connectivity index (χ2v) is 5.17. The highest BCUT2D eigenvalue weighted by Gasteiger charge is 2.10.